The first-order valence-corrected chi connectivity index (χ1v) is 4.57. The third-order valence-corrected chi connectivity index (χ3v) is 2.24. The summed E-state index contributed by atoms with van der Waals surface area (Å²) in [6, 6.07) is 0.814. The normalized spacial score (nSPS) is 10.3. The van der Waals surface area contributed by atoms with Gasteiger partial charge in [0.05, 0.1) is 4.47 Å². The zero-order valence-corrected chi connectivity index (χ0v) is 8.86. The van der Waals surface area contributed by atoms with E-state index in [4.69, 9.17) is 5.11 Å². The quantitative estimate of drug-likeness (QED) is 0.834. The van der Waals surface area contributed by atoms with Gasteiger partial charge in [-0.15, -0.1) is 0 Å². The van der Waals surface area contributed by atoms with E-state index in [-0.39, 0.29) is 22.2 Å². The molecule has 0 spiro atoms. The van der Waals surface area contributed by atoms with Crippen molar-refractivity contribution in [3.8, 4) is 5.75 Å². The Labute approximate surface area is 87.7 Å². The minimum Gasteiger partial charge on any atom is -0.505 e. The van der Waals surface area contributed by atoms with E-state index < -0.39 is 17.4 Å². The molecule has 5 heteroatoms. The van der Waals surface area contributed by atoms with Crippen molar-refractivity contribution in [1.29, 1.82) is 0 Å². The number of hydrogen-bond acceptors (Lipinski definition) is 2. The van der Waals surface area contributed by atoms with Crippen LogP contribution in [-0.4, -0.2) is 10.9 Å². The Morgan fingerprint density at radius 3 is 2.64 bits per heavy atom. The largest absolute Gasteiger partial charge is 0.505 e. The maximum absolute atomic E-state index is 13.3. The van der Waals surface area contributed by atoms with Crippen LogP contribution in [0.5, 0.6) is 5.75 Å². The van der Waals surface area contributed by atoms with Crippen molar-refractivity contribution < 1.29 is 18.7 Å². The monoisotopic (exact) mass is 264 g/mol. The molecule has 14 heavy (non-hydrogen) atoms. The van der Waals surface area contributed by atoms with E-state index in [9.17, 15) is 13.6 Å². The van der Waals surface area contributed by atoms with Gasteiger partial charge in [0.15, 0.2) is 11.6 Å². The topological polar surface area (TPSA) is 37.3 Å². The molecule has 0 aliphatic heterocycles. The standard InChI is InChI=1S/C9H7BrF2O2/c1-4(13)2-5-8(12)6(10)3-7(11)9(5)14/h3,14H,2H2,1H3. The minimum atomic E-state index is -0.950. The van der Waals surface area contributed by atoms with Gasteiger partial charge in [-0.25, -0.2) is 8.78 Å². The SMILES string of the molecule is CC(=O)Cc1c(O)c(F)cc(Br)c1F. The Kier molecular flexibility index (Phi) is 3.21. The van der Waals surface area contributed by atoms with Gasteiger partial charge in [0.1, 0.15) is 11.6 Å². The first kappa shape index (κ1) is 11.1. The smallest absolute Gasteiger partial charge is 0.166 e. The van der Waals surface area contributed by atoms with Crippen LogP contribution in [0.2, 0.25) is 0 Å². The van der Waals surface area contributed by atoms with Crippen molar-refractivity contribution in [1.82, 2.24) is 0 Å². The van der Waals surface area contributed by atoms with Gasteiger partial charge in [-0.3, -0.25) is 4.79 Å². The number of hydrogen-bond donors (Lipinski definition) is 1. The zero-order valence-electron chi connectivity index (χ0n) is 7.27. The van der Waals surface area contributed by atoms with Crippen molar-refractivity contribution >= 4 is 21.7 Å². The second-order valence-corrected chi connectivity index (χ2v) is 3.71. The summed E-state index contributed by atoms with van der Waals surface area (Å²) < 4.78 is 26.1. The van der Waals surface area contributed by atoms with Crippen molar-refractivity contribution in [3.05, 3.63) is 27.7 Å². The van der Waals surface area contributed by atoms with Crippen LogP contribution < -0.4 is 0 Å². The number of phenols is 1. The molecule has 1 rings (SSSR count). The second kappa shape index (κ2) is 4.04. The molecule has 0 amide bonds. The molecule has 0 saturated carbocycles. The highest BCUT2D eigenvalue weighted by Crippen LogP contribution is 2.30. The number of aromatic hydroxyl groups is 1. The number of carbonyl (C=O) groups is 1. The number of phenolic OH excluding ortho intramolecular Hbond substituents is 1. The highest BCUT2D eigenvalue weighted by atomic mass is 79.9. The second-order valence-electron chi connectivity index (χ2n) is 2.86. The average Bonchev–Trinajstić information content (AvgIpc) is 2.09. The number of benzene rings is 1. The third kappa shape index (κ3) is 2.09. The molecule has 0 saturated heterocycles. The lowest BCUT2D eigenvalue weighted by Gasteiger charge is -2.06. The van der Waals surface area contributed by atoms with E-state index in [0.29, 0.717) is 0 Å². The van der Waals surface area contributed by atoms with E-state index in [0.717, 1.165) is 6.07 Å². The van der Waals surface area contributed by atoms with Gasteiger partial charge in [-0.2, -0.15) is 0 Å². The highest BCUT2D eigenvalue weighted by molar-refractivity contribution is 9.10. The summed E-state index contributed by atoms with van der Waals surface area (Å²) >= 11 is 2.78. The predicted molar refractivity (Wildman–Crippen MR) is 50.1 cm³/mol. The van der Waals surface area contributed by atoms with Crippen molar-refractivity contribution in [2.45, 2.75) is 13.3 Å². The summed E-state index contributed by atoms with van der Waals surface area (Å²) in [5, 5.41) is 9.16. The molecule has 1 aromatic carbocycles. The zero-order chi connectivity index (χ0) is 10.9. The first-order chi connectivity index (χ1) is 6.43. The fourth-order valence-corrected chi connectivity index (χ4v) is 1.49. The van der Waals surface area contributed by atoms with E-state index in [2.05, 4.69) is 15.9 Å². The van der Waals surface area contributed by atoms with Gasteiger partial charge in [0.2, 0.25) is 0 Å². The fourth-order valence-electron chi connectivity index (χ4n) is 1.05. The molecular formula is C9H7BrF2O2. The molecule has 0 atom stereocenters. The number of carbonyl (C=O) groups excluding carboxylic acids is 1. The van der Waals surface area contributed by atoms with Crippen LogP contribution in [0.15, 0.2) is 10.5 Å². The van der Waals surface area contributed by atoms with Crippen LogP contribution in [0.3, 0.4) is 0 Å². The molecule has 0 aliphatic rings. The molecule has 0 fully saturated rings. The summed E-state index contributed by atoms with van der Waals surface area (Å²) in [4.78, 5) is 10.7. The van der Waals surface area contributed by atoms with Gasteiger partial charge in [0, 0.05) is 12.0 Å². The highest BCUT2D eigenvalue weighted by Gasteiger charge is 2.17. The Balaban J connectivity index is 3.31. The van der Waals surface area contributed by atoms with Gasteiger partial charge in [0.25, 0.3) is 0 Å². The Hall–Kier alpha value is -0.970. The van der Waals surface area contributed by atoms with Gasteiger partial charge in [-0.1, -0.05) is 0 Å². The molecule has 1 aromatic rings. The molecule has 76 valence electrons. The van der Waals surface area contributed by atoms with E-state index in [1.54, 1.807) is 0 Å². The van der Waals surface area contributed by atoms with E-state index in [1.807, 2.05) is 0 Å². The van der Waals surface area contributed by atoms with Crippen LogP contribution in [0.25, 0.3) is 0 Å². The Bertz CT molecular complexity index is 365. The minimum absolute atomic E-state index is 0.107. The number of ketones is 1. The average molecular weight is 265 g/mol. The molecule has 0 aliphatic carbocycles. The lowest BCUT2D eigenvalue weighted by Crippen LogP contribution is -2.02. The maximum Gasteiger partial charge on any atom is 0.166 e. The lowest BCUT2D eigenvalue weighted by atomic mass is 10.1. The number of rotatable bonds is 2. The van der Waals surface area contributed by atoms with Crippen molar-refractivity contribution in [2.75, 3.05) is 0 Å². The molecular weight excluding hydrogens is 258 g/mol. The van der Waals surface area contributed by atoms with E-state index >= 15 is 0 Å². The first-order valence-electron chi connectivity index (χ1n) is 3.78. The molecule has 0 aromatic heterocycles. The summed E-state index contributed by atoms with van der Waals surface area (Å²) in [5.41, 5.74) is -0.315. The van der Waals surface area contributed by atoms with Crippen LogP contribution >= 0.6 is 15.9 Å². The molecule has 0 bridgehead atoms. The summed E-state index contributed by atoms with van der Waals surface area (Å²) in [5.74, 6) is -2.91. The number of halogens is 3. The summed E-state index contributed by atoms with van der Waals surface area (Å²) in [6.45, 7) is 1.23. The summed E-state index contributed by atoms with van der Waals surface area (Å²) in [6.07, 6.45) is -0.325. The Morgan fingerprint density at radius 2 is 2.14 bits per heavy atom. The van der Waals surface area contributed by atoms with Gasteiger partial charge < -0.3 is 5.11 Å². The third-order valence-electron chi connectivity index (χ3n) is 1.67. The molecule has 2 nitrogen and oxygen atoms in total. The van der Waals surface area contributed by atoms with Crippen LogP contribution in [0.1, 0.15) is 12.5 Å². The lowest BCUT2D eigenvalue weighted by molar-refractivity contribution is -0.116. The van der Waals surface area contributed by atoms with Crippen molar-refractivity contribution in [2.24, 2.45) is 0 Å². The molecule has 0 unspecified atom stereocenters. The fraction of sp³-hybridized carbons (Fsp3) is 0.222. The Morgan fingerprint density at radius 1 is 1.57 bits per heavy atom. The van der Waals surface area contributed by atoms with Gasteiger partial charge >= 0.3 is 0 Å². The number of Topliss-reactive ketones (excluding diaryl/α,β-unsaturated/α-hetero) is 1. The van der Waals surface area contributed by atoms with Crippen LogP contribution in [0, 0.1) is 11.6 Å². The molecule has 0 radical (unpaired) electrons. The molecule has 0 heterocycles. The van der Waals surface area contributed by atoms with Gasteiger partial charge in [-0.05, 0) is 28.9 Å². The molecule has 1 N–H and O–H groups in total. The predicted octanol–water partition coefficient (Wildman–Crippen LogP) is 2.56. The summed E-state index contributed by atoms with van der Waals surface area (Å²) in [7, 11) is 0. The van der Waals surface area contributed by atoms with Crippen LogP contribution in [0.4, 0.5) is 8.78 Å². The van der Waals surface area contributed by atoms with E-state index in [1.165, 1.54) is 6.92 Å². The van der Waals surface area contributed by atoms with Crippen molar-refractivity contribution in [3.63, 3.8) is 0 Å². The maximum atomic E-state index is 13.3. The van der Waals surface area contributed by atoms with Crippen LogP contribution in [-0.2, 0) is 11.2 Å².